The number of hydrogen-bond acceptors (Lipinski definition) is 4. The van der Waals surface area contributed by atoms with Gasteiger partial charge in [0.25, 0.3) is 5.91 Å². The Bertz CT molecular complexity index is 761. The molecule has 0 bridgehead atoms. The number of aromatic nitrogens is 2. The zero-order valence-electron chi connectivity index (χ0n) is 17.2. The molecule has 5 nitrogen and oxygen atoms in total. The predicted molar refractivity (Wildman–Crippen MR) is 114 cm³/mol. The first-order valence-electron chi connectivity index (χ1n) is 11.1. The minimum absolute atomic E-state index is 0.0835. The van der Waals surface area contributed by atoms with Crippen molar-refractivity contribution in [1.82, 2.24) is 20.2 Å². The summed E-state index contributed by atoms with van der Waals surface area (Å²) in [6, 6.07) is 11.3. The van der Waals surface area contributed by atoms with Gasteiger partial charge in [-0.15, -0.1) is 0 Å². The quantitative estimate of drug-likeness (QED) is 0.799. The molecule has 0 radical (unpaired) electrons. The Balaban J connectivity index is 1.47. The second-order valence-corrected chi connectivity index (χ2v) is 8.59. The Morgan fingerprint density at radius 2 is 1.79 bits per heavy atom. The van der Waals surface area contributed by atoms with Crippen molar-refractivity contribution in [3.8, 4) is 0 Å². The second-order valence-electron chi connectivity index (χ2n) is 8.59. The van der Waals surface area contributed by atoms with E-state index in [9.17, 15) is 4.79 Å². The predicted octanol–water partition coefficient (Wildman–Crippen LogP) is 4.24. The molecule has 2 aromatic heterocycles. The highest BCUT2D eigenvalue weighted by atomic mass is 16.1. The van der Waals surface area contributed by atoms with Crippen LogP contribution in [0.3, 0.4) is 0 Å². The van der Waals surface area contributed by atoms with E-state index in [0.717, 1.165) is 24.6 Å². The van der Waals surface area contributed by atoms with E-state index in [0.29, 0.717) is 11.6 Å². The number of carbonyl (C=O) groups is 1. The summed E-state index contributed by atoms with van der Waals surface area (Å²) >= 11 is 0. The molecule has 2 fully saturated rings. The van der Waals surface area contributed by atoms with Gasteiger partial charge in [0, 0.05) is 25.5 Å². The number of pyridine rings is 2. The van der Waals surface area contributed by atoms with Crippen LogP contribution >= 0.6 is 0 Å². The molecule has 2 aromatic rings. The van der Waals surface area contributed by atoms with Gasteiger partial charge < -0.3 is 10.2 Å². The number of carbonyl (C=O) groups excluding carboxylic acids is 1. The topological polar surface area (TPSA) is 58.1 Å². The Hall–Kier alpha value is -2.27. The maximum Gasteiger partial charge on any atom is 0.270 e. The molecule has 0 aromatic carbocycles. The van der Waals surface area contributed by atoms with E-state index in [-0.39, 0.29) is 11.9 Å². The van der Waals surface area contributed by atoms with Gasteiger partial charge in [-0.25, -0.2) is 0 Å². The lowest BCUT2D eigenvalue weighted by Crippen LogP contribution is -2.45. The van der Waals surface area contributed by atoms with E-state index in [4.69, 9.17) is 0 Å². The van der Waals surface area contributed by atoms with Crippen LogP contribution in [-0.4, -0.2) is 40.4 Å². The van der Waals surface area contributed by atoms with E-state index >= 15 is 0 Å². The van der Waals surface area contributed by atoms with Gasteiger partial charge in [-0.1, -0.05) is 31.4 Å². The molecule has 4 rings (SSSR count). The van der Waals surface area contributed by atoms with Crippen LogP contribution in [-0.2, 0) is 0 Å². The monoisotopic (exact) mass is 392 g/mol. The summed E-state index contributed by atoms with van der Waals surface area (Å²) in [5.74, 6) is 1.10. The summed E-state index contributed by atoms with van der Waals surface area (Å²) in [6.45, 7) is 3.41. The third-order valence-electron chi connectivity index (χ3n) is 6.45. The lowest BCUT2D eigenvalue weighted by atomic mass is 9.85. The van der Waals surface area contributed by atoms with Crippen LogP contribution in [0.1, 0.15) is 67.2 Å². The second kappa shape index (κ2) is 9.97. The molecule has 0 unspecified atom stereocenters. The molecule has 5 heteroatoms. The summed E-state index contributed by atoms with van der Waals surface area (Å²) in [7, 11) is 0. The maximum atomic E-state index is 12.9. The van der Waals surface area contributed by atoms with Crippen LogP contribution in [0.2, 0.25) is 0 Å². The van der Waals surface area contributed by atoms with Crippen molar-refractivity contribution < 1.29 is 4.79 Å². The number of piperidine rings is 1. The SMILES string of the molecule is O=C(N[C@@H](c1ccccn1)[C@@H]1CCCN(CC2CCCCC2)C1)c1ccccn1. The third-order valence-corrected chi connectivity index (χ3v) is 6.45. The molecule has 1 N–H and O–H groups in total. The van der Waals surface area contributed by atoms with Crippen molar-refractivity contribution in [3.63, 3.8) is 0 Å². The zero-order valence-corrected chi connectivity index (χ0v) is 17.2. The fourth-order valence-corrected chi connectivity index (χ4v) is 4.97. The first-order valence-corrected chi connectivity index (χ1v) is 11.1. The highest BCUT2D eigenvalue weighted by Crippen LogP contribution is 2.31. The van der Waals surface area contributed by atoms with Crippen molar-refractivity contribution in [2.45, 2.75) is 51.0 Å². The number of nitrogens with one attached hydrogen (secondary N) is 1. The normalized spacial score (nSPS) is 22.1. The molecule has 2 atom stereocenters. The van der Waals surface area contributed by atoms with Crippen LogP contribution in [0.4, 0.5) is 0 Å². The van der Waals surface area contributed by atoms with E-state index < -0.39 is 0 Å². The lowest BCUT2D eigenvalue weighted by Gasteiger charge is -2.39. The molecule has 154 valence electrons. The van der Waals surface area contributed by atoms with Gasteiger partial charge in [0.2, 0.25) is 0 Å². The molecule has 1 saturated heterocycles. The average molecular weight is 393 g/mol. The Morgan fingerprint density at radius 3 is 2.52 bits per heavy atom. The number of hydrogen-bond donors (Lipinski definition) is 1. The molecule has 3 heterocycles. The molecule has 1 aliphatic carbocycles. The Morgan fingerprint density at radius 1 is 1.00 bits per heavy atom. The molecular weight excluding hydrogens is 360 g/mol. The van der Waals surface area contributed by atoms with Crippen LogP contribution in [0, 0.1) is 11.8 Å². The molecular formula is C24H32N4O. The van der Waals surface area contributed by atoms with Gasteiger partial charge in [-0.2, -0.15) is 0 Å². The van der Waals surface area contributed by atoms with Crippen molar-refractivity contribution >= 4 is 5.91 Å². The highest BCUT2D eigenvalue weighted by molar-refractivity contribution is 5.92. The van der Waals surface area contributed by atoms with Gasteiger partial charge in [0.15, 0.2) is 0 Å². The Kier molecular flexibility index (Phi) is 6.88. The minimum atomic E-state index is -0.120. The molecule has 0 spiro atoms. The highest BCUT2D eigenvalue weighted by Gasteiger charge is 2.31. The summed E-state index contributed by atoms with van der Waals surface area (Å²) in [4.78, 5) is 24.3. The van der Waals surface area contributed by atoms with E-state index in [1.54, 1.807) is 12.3 Å². The van der Waals surface area contributed by atoms with Gasteiger partial charge >= 0.3 is 0 Å². The van der Waals surface area contributed by atoms with Gasteiger partial charge in [0.1, 0.15) is 5.69 Å². The third kappa shape index (κ3) is 5.41. The maximum absolute atomic E-state index is 12.9. The van der Waals surface area contributed by atoms with Crippen molar-refractivity contribution in [2.75, 3.05) is 19.6 Å². The van der Waals surface area contributed by atoms with Crippen molar-refractivity contribution in [3.05, 3.63) is 60.2 Å². The molecule has 1 saturated carbocycles. The van der Waals surface area contributed by atoms with E-state index in [2.05, 4.69) is 20.2 Å². The average Bonchev–Trinajstić information content (AvgIpc) is 2.79. The van der Waals surface area contributed by atoms with E-state index in [1.165, 1.54) is 51.6 Å². The van der Waals surface area contributed by atoms with Gasteiger partial charge in [-0.3, -0.25) is 14.8 Å². The van der Waals surface area contributed by atoms with E-state index in [1.807, 2.05) is 36.5 Å². The van der Waals surface area contributed by atoms with Gasteiger partial charge in [0.05, 0.1) is 11.7 Å². The number of rotatable bonds is 6. The number of likely N-dealkylation sites (tertiary alicyclic amines) is 1. The lowest BCUT2D eigenvalue weighted by molar-refractivity contribution is 0.0851. The van der Waals surface area contributed by atoms with Crippen LogP contribution in [0.25, 0.3) is 0 Å². The first-order chi connectivity index (χ1) is 14.3. The fraction of sp³-hybridized carbons (Fsp3) is 0.542. The standard InChI is InChI=1S/C24H32N4O/c29-24(22-13-5-7-15-26-22)27-23(21-12-4-6-14-25-21)20-11-8-16-28(18-20)17-19-9-2-1-3-10-19/h4-7,12-15,19-20,23H,1-3,8-11,16-18H2,(H,27,29)/t20-,23-/m1/s1. The molecule has 29 heavy (non-hydrogen) atoms. The van der Waals surface area contributed by atoms with Crippen LogP contribution in [0.15, 0.2) is 48.8 Å². The fourth-order valence-electron chi connectivity index (χ4n) is 4.97. The van der Waals surface area contributed by atoms with Crippen LogP contribution < -0.4 is 5.32 Å². The zero-order chi connectivity index (χ0) is 19.9. The molecule has 1 amide bonds. The molecule has 2 aliphatic rings. The van der Waals surface area contributed by atoms with Crippen LogP contribution in [0.5, 0.6) is 0 Å². The summed E-state index contributed by atoms with van der Waals surface area (Å²) in [5, 5.41) is 3.25. The number of amides is 1. The first kappa shape index (κ1) is 20.0. The smallest absolute Gasteiger partial charge is 0.270 e. The van der Waals surface area contributed by atoms with Gasteiger partial charge in [-0.05, 0) is 68.3 Å². The van der Waals surface area contributed by atoms with Crippen molar-refractivity contribution in [2.24, 2.45) is 11.8 Å². The van der Waals surface area contributed by atoms with Crippen molar-refractivity contribution in [1.29, 1.82) is 0 Å². The summed E-state index contributed by atoms with van der Waals surface area (Å²) < 4.78 is 0. The molecule has 1 aliphatic heterocycles. The summed E-state index contributed by atoms with van der Waals surface area (Å²) in [5.41, 5.74) is 1.41. The Labute approximate surface area is 173 Å². The number of nitrogens with zero attached hydrogens (tertiary/aromatic N) is 3. The minimum Gasteiger partial charge on any atom is -0.342 e. The largest absolute Gasteiger partial charge is 0.342 e. The summed E-state index contributed by atoms with van der Waals surface area (Å²) in [6.07, 6.45) is 12.7.